The SMILES string of the molecule is O=C(NCCc1cccc([N+](=O)[O-])c1)NCc1cn2ccsc2n1. The van der Waals surface area contributed by atoms with Crippen molar-refractivity contribution in [2.75, 3.05) is 6.54 Å². The molecule has 0 radical (unpaired) electrons. The van der Waals surface area contributed by atoms with Gasteiger partial charge in [0.05, 0.1) is 17.2 Å². The summed E-state index contributed by atoms with van der Waals surface area (Å²) in [6, 6.07) is 6.09. The van der Waals surface area contributed by atoms with E-state index in [2.05, 4.69) is 15.6 Å². The summed E-state index contributed by atoms with van der Waals surface area (Å²) < 4.78 is 1.90. The summed E-state index contributed by atoms with van der Waals surface area (Å²) in [4.78, 5) is 27.3. The number of nitrogens with one attached hydrogen (secondary N) is 2. The first kappa shape index (κ1) is 15.9. The number of amides is 2. The summed E-state index contributed by atoms with van der Waals surface area (Å²) in [6.45, 7) is 0.738. The molecule has 0 aliphatic rings. The van der Waals surface area contributed by atoms with Crippen molar-refractivity contribution >= 4 is 28.0 Å². The molecule has 0 aliphatic carbocycles. The van der Waals surface area contributed by atoms with Crippen LogP contribution in [0.3, 0.4) is 0 Å². The Morgan fingerprint density at radius 3 is 3.04 bits per heavy atom. The van der Waals surface area contributed by atoms with Gasteiger partial charge in [-0.1, -0.05) is 12.1 Å². The van der Waals surface area contributed by atoms with Crippen LogP contribution in [0.25, 0.3) is 4.96 Å². The third kappa shape index (κ3) is 3.87. The van der Waals surface area contributed by atoms with E-state index in [1.54, 1.807) is 12.1 Å². The van der Waals surface area contributed by atoms with Crippen molar-refractivity contribution in [3.05, 3.63) is 63.4 Å². The van der Waals surface area contributed by atoms with Crippen LogP contribution in [0.1, 0.15) is 11.3 Å². The van der Waals surface area contributed by atoms with E-state index in [0.717, 1.165) is 16.2 Å². The highest BCUT2D eigenvalue weighted by Gasteiger charge is 2.07. The van der Waals surface area contributed by atoms with Crippen LogP contribution in [-0.4, -0.2) is 26.9 Å². The molecular weight excluding hydrogens is 330 g/mol. The first-order chi connectivity index (χ1) is 11.6. The molecule has 0 aliphatic heterocycles. The molecule has 24 heavy (non-hydrogen) atoms. The zero-order valence-corrected chi connectivity index (χ0v) is 13.5. The Kier molecular flexibility index (Phi) is 4.71. The van der Waals surface area contributed by atoms with Gasteiger partial charge < -0.3 is 10.6 Å². The van der Waals surface area contributed by atoms with Crippen LogP contribution in [0.15, 0.2) is 42.0 Å². The topological polar surface area (TPSA) is 102 Å². The van der Waals surface area contributed by atoms with E-state index in [0.29, 0.717) is 19.5 Å². The van der Waals surface area contributed by atoms with E-state index < -0.39 is 4.92 Å². The maximum atomic E-state index is 11.8. The van der Waals surface area contributed by atoms with Gasteiger partial charge in [0.15, 0.2) is 4.96 Å². The van der Waals surface area contributed by atoms with Crippen molar-refractivity contribution in [2.24, 2.45) is 0 Å². The van der Waals surface area contributed by atoms with Crippen LogP contribution >= 0.6 is 11.3 Å². The number of non-ortho nitro benzene ring substituents is 1. The molecule has 1 aromatic carbocycles. The van der Waals surface area contributed by atoms with E-state index in [1.807, 2.05) is 22.2 Å². The van der Waals surface area contributed by atoms with Crippen molar-refractivity contribution in [3.8, 4) is 0 Å². The summed E-state index contributed by atoms with van der Waals surface area (Å²) in [5.74, 6) is 0. The molecule has 0 bridgehead atoms. The Bertz CT molecular complexity index is 844. The Hall–Kier alpha value is -2.94. The minimum atomic E-state index is -0.431. The molecule has 2 heterocycles. The minimum absolute atomic E-state index is 0.0525. The highest BCUT2D eigenvalue weighted by Crippen LogP contribution is 2.13. The van der Waals surface area contributed by atoms with E-state index >= 15 is 0 Å². The van der Waals surface area contributed by atoms with Crippen LogP contribution in [0.5, 0.6) is 0 Å². The Labute approximate surface area is 141 Å². The first-order valence-electron chi connectivity index (χ1n) is 7.28. The number of nitro benzene ring substituents is 1. The monoisotopic (exact) mass is 345 g/mol. The Morgan fingerprint density at radius 2 is 2.25 bits per heavy atom. The second-order valence-electron chi connectivity index (χ2n) is 5.11. The van der Waals surface area contributed by atoms with E-state index in [1.165, 1.54) is 23.5 Å². The molecule has 0 fully saturated rings. The lowest BCUT2D eigenvalue weighted by Gasteiger charge is -2.06. The fourth-order valence-corrected chi connectivity index (χ4v) is 2.96. The molecule has 3 rings (SSSR count). The molecule has 0 spiro atoms. The van der Waals surface area contributed by atoms with Gasteiger partial charge in [-0.25, -0.2) is 9.78 Å². The molecule has 9 heteroatoms. The summed E-state index contributed by atoms with van der Waals surface area (Å²) in [5.41, 5.74) is 1.64. The average molecular weight is 345 g/mol. The molecule has 0 saturated carbocycles. The number of aromatic nitrogens is 2. The number of benzene rings is 1. The number of carbonyl (C=O) groups excluding carboxylic acids is 1. The predicted molar refractivity (Wildman–Crippen MR) is 90.1 cm³/mol. The zero-order valence-electron chi connectivity index (χ0n) is 12.6. The molecule has 2 amide bonds. The lowest BCUT2D eigenvalue weighted by molar-refractivity contribution is -0.384. The number of urea groups is 1. The second-order valence-corrected chi connectivity index (χ2v) is 5.98. The average Bonchev–Trinajstić information content (AvgIpc) is 3.14. The minimum Gasteiger partial charge on any atom is -0.338 e. The number of nitro groups is 1. The van der Waals surface area contributed by atoms with Crippen LogP contribution in [-0.2, 0) is 13.0 Å². The first-order valence-corrected chi connectivity index (χ1v) is 8.16. The lowest BCUT2D eigenvalue weighted by Crippen LogP contribution is -2.36. The summed E-state index contributed by atoms with van der Waals surface area (Å²) in [6.07, 6.45) is 4.31. The number of hydrogen-bond donors (Lipinski definition) is 2. The van der Waals surface area contributed by atoms with Gasteiger partial charge in [0.1, 0.15) is 0 Å². The van der Waals surface area contributed by atoms with Crippen molar-refractivity contribution < 1.29 is 9.72 Å². The highest BCUT2D eigenvalue weighted by atomic mass is 32.1. The molecule has 2 aromatic heterocycles. The number of nitrogens with zero attached hydrogens (tertiary/aromatic N) is 3. The molecule has 2 N–H and O–H groups in total. The second kappa shape index (κ2) is 7.09. The smallest absolute Gasteiger partial charge is 0.315 e. The molecule has 0 saturated heterocycles. The van der Waals surface area contributed by atoms with Crippen molar-refractivity contribution in [1.82, 2.24) is 20.0 Å². The summed E-state index contributed by atoms with van der Waals surface area (Å²) in [7, 11) is 0. The number of carbonyl (C=O) groups is 1. The van der Waals surface area contributed by atoms with Gasteiger partial charge in [-0.05, 0) is 12.0 Å². The Morgan fingerprint density at radius 1 is 1.38 bits per heavy atom. The highest BCUT2D eigenvalue weighted by molar-refractivity contribution is 7.15. The largest absolute Gasteiger partial charge is 0.338 e. The quantitative estimate of drug-likeness (QED) is 0.529. The van der Waals surface area contributed by atoms with Gasteiger partial charge in [-0.15, -0.1) is 11.3 Å². The van der Waals surface area contributed by atoms with Crippen molar-refractivity contribution in [1.29, 1.82) is 0 Å². The molecule has 0 unspecified atom stereocenters. The third-order valence-electron chi connectivity index (χ3n) is 3.39. The maximum Gasteiger partial charge on any atom is 0.315 e. The number of thiazole rings is 1. The van der Waals surface area contributed by atoms with E-state index in [-0.39, 0.29) is 11.7 Å². The number of fused-ring (bicyclic) bond motifs is 1. The normalized spacial score (nSPS) is 10.7. The van der Waals surface area contributed by atoms with Gasteiger partial charge >= 0.3 is 6.03 Å². The van der Waals surface area contributed by atoms with Crippen molar-refractivity contribution in [3.63, 3.8) is 0 Å². The molecule has 8 nitrogen and oxygen atoms in total. The van der Waals surface area contributed by atoms with Crippen molar-refractivity contribution in [2.45, 2.75) is 13.0 Å². The van der Waals surface area contributed by atoms with Gasteiger partial charge in [0.2, 0.25) is 0 Å². The number of hydrogen-bond acceptors (Lipinski definition) is 5. The Balaban J connectivity index is 1.43. The fourth-order valence-electron chi connectivity index (χ4n) is 2.24. The lowest BCUT2D eigenvalue weighted by atomic mass is 10.1. The standard InChI is InChI=1S/C15H15N5O3S/c21-14(17-9-12-10-19-6-7-24-15(19)18-12)16-5-4-11-2-1-3-13(8-11)20(22)23/h1-3,6-8,10H,4-5,9H2,(H2,16,17,21). The zero-order chi connectivity index (χ0) is 16.9. The predicted octanol–water partition coefficient (Wildman–Crippen LogP) is 2.35. The molecule has 3 aromatic rings. The van der Waals surface area contributed by atoms with E-state index in [4.69, 9.17) is 0 Å². The van der Waals surface area contributed by atoms with Crippen LogP contribution < -0.4 is 10.6 Å². The molecule has 0 atom stereocenters. The van der Waals surface area contributed by atoms with Crippen LogP contribution in [0.2, 0.25) is 0 Å². The molecular formula is C15H15N5O3S. The third-order valence-corrected chi connectivity index (χ3v) is 4.16. The van der Waals surface area contributed by atoms with Gasteiger partial charge in [-0.3, -0.25) is 14.5 Å². The van der Waals surface area contributed by atoms with Crippen LogP contribution in [0.4, 0.5) is 10.5 Å². The molecule has 124 valence electrons. The van der Waals surface area contributed by atoms with Gasteiger partial charge in [-0.2, -0.15) is 0 Å². The van der Waals surface area contributed by atoms with E-state index in [9.17, 15) is 14.9 Å². The number of rotatable bonds is 6. The van der Waals surface area contributed by atoms with Crippen LogP contribution in [0, 0.1) is 10.1 Å². The van der Waals surface area contributed by atoms with Gasteiger partial charge in [0.25, 0.3) is 5.69 Å². The summed E-state index contributed by atoms with van der Waals surface area (Å²) in [5, 5.41) is 18.1. The summed E-state index contributed by atoms with van der Waals surface area (Å²) >= 11 is 1.53. The van der Waals surface area contributed by atoms with Gasteiger partial charge in [0, 0.05) is 36.5 Å². The maximum absolute atomic E-state index is 11.8. The fraction of sp³-hybridized carbons (Fsp3) is 0.200. The number of imidazole rings is 1.